The van der Waals surface area contributed by atoms with Gasteiger partial charge in [-0.3, -0.25) is 4.79 Å². The van der Waals surface area contributed by atoms with Gasteiger partial charge in [0.25, 0.3) is 5.91 Å². The van der Waals surface area contributed by atoms with Crippen molar-refractivity contribution in [1.29, 1.82) is 0 Å². The minimum absolute atomic E-state index is 0.0596. The first kappa shape index (κ1) is 19.3. The number of benzene rings is 2. The largest absolute Gasteiger partial charge is 0.493 e. The molecule has 2 heterocycles. The molecule has 0 atom stereocenters. The zero-order chi connectivity index (χ0) is 20.2. The molecule has 29 heavy (non-hydrogen) atoms. The maximum absolute atomic E-state index is 12.8. The van der Waals surface area contributed by atoms with Gasteiger partial charge in [-0.05, 0) is 12.1 Å². The predicted molar refractivity (Wildman–Crippen MR) is 113 cm³/mol. The van der Waals surface area contributed by atoms with Gasteiger partial charge in [-0.1, -0.05) is 30.3 Å². The van der Waals surface area contributed by atoms with Crippen LogP contribution in [0.1, 0.15) is 28.9 Å². The molecule has 3 aromatic rings. The van der Waals surface area contributed by atoms with E-state index in [1.54, 1.807) is 19.1 Å². The van der Waals surface area contributed by atoms with Gasteiger partial charge in [0.1, 0.15) is 12.2 Å². The Balaban J connectivity index is 1.36. The van der Waals surface area contributed by atoms with E-state index >= 15 is 0 Å². The van der Waals surface area contributed by atoms with Crippen LogP contribution in [0, 0.1) is 0 Å². The van der Waals surface area contributed by atoms with Crippen molar-refractivity contribution in [3.63, 3.8) is 0 Å². The average molecular weight is 394 g/mol. The highest BCUT2D eigenvalue weighted by molar-refractivity contribution is 5.98. The Hall–Kier alpha value is -2.99. The van der Waals surface area contributed by atoms with Gasteiger partial charge >= 0.3 is 0 Å². The van der Waals surface area contributed by atoms with E-state index < -0.39 is 0 Å². The number of quaternary nitrogens is 1. The molecule has 0 saturated carbocycles. The van der Waals surface area contributed by atoms with Crippen LogP contribution in [0.25, 0.3) is 10.9 Å². The minimum Gasteiger partial charge on any atom is -0.493 e. The second kappa shape index (κ2) is 8.57. The molecule has 1 amide bonds. The number of likely N-dealkylation sites (tertiary alicyclic amines) is 1. The lowest BCUT2D eigenvalue weighted by atomic mass is 10.0. The maximum Gasteiger partial charge on any atom is 0.267 e. The lowest BCUT2D eigenvalue weighted by molar-refractivity contribution is -0.918. The fourth-order valence-electron chi connectivity index (χ4n) is 4.08. The summed E-state index contributed by atoms with van der Waals surface area (Å²) >= 11 is 0. The number of fused-ring (bicyclic) bond motifs is 1. The number of H-pyrrole nitrogens is 1. The van der Waals surface area contributed by atoms with Crippen LogP contribution in [0.4, 0.5) is 0 Å². The van der Waals surface area contributed by atoms with Crippen LogP contribution in [-0.4, -0.2) is 44.2 Å². The van der Waals surface area contributed by atoms with Crippen molar-refractivity contribution in [2.24, 2.45) is 0 Å². The third kappa shape index (κ3) is 4.38. The fourth-order valence-corrected chi connectivity index (χ4v) is 4.08. The van der Waals surface area contributed by atoms with Crippen LogP contribution < -0.4 is 19.7 Å². The first-order valence-electron chi connectivity index (χ1n) is 10.1. The van der Waals surface area contributed by atoms with Crippen molar-refractivity contribution in [2.75, 3.05) is 27.3 Å². The normalized spacial score (nSPS) is 19.1. The van der Waals surface area contributed by atoms with Crippen molar-refractivity contribution in [1.82, 2.24) is 10.3 Å². The summed E-state index contributed by atoms with van der Waals surface area (Å²) in [5.74, 6) is 1.23. The van der Waals surface area contributed by atoms with E-state index in [0.29, 0.717) is 17.2 Å². The van der Waals surface area contributed by atoms with Crippen molar-refractivity contribution in [3.8, 4) is 11.5 Å². The molecule has 3 N–H and O–H groups in total. The summed E-state index contributed by atoms with van der Waals surface area (Å²) in [4.78, 5) is 17.5. The summed E-state index contributed by atoms with van der Waals surface area (Å²) in [6.07, 6.45) is 1.99. The fraction of sp³-hybridized carbons (Fsp3) is 0.348. The maximum atomic E-state index is 12.8. The first-order valence-corrected chi connectivity index (χ1v) is 10.1. The van der Waals surface area contributed by atoms with Crippen LogP contribution in [-0.2, 0) is 6.54 Å². The van der Waals surface area contributed by atoms with Gasteiger partial charge < -0.3 is 24.7 Å². The summed E-state index contributed by atoms with van der Waals surface area (Å²) < 4.78 is 10.7. The Morgan fingerprint density at radius 2 is 1.76 bits per heavy atom. The van der Waals surface area contributed by atoms with Crippen molar-refractivity contribution < 1.29 is 19.2 Å². The molecule has 4 rings (SSSR count). The highest BCUT2D eigenvalue weighted by Gasteiger charge is 2.24. The highest BCUT2D eigenvalue weighted by Crippen LogP contribution is 2.32. The summed E-state index contributed by atoms with van der Waals surface area (Å²) in [7, 11) is 3.21. The SMILES string of the molecule is COc1cc2cc(C(=O)NC3CC[NH+](Cc4ccccc4)CC3)[nH]c2cc1OC. The van der Waals surface area contributed by atoms with Gasteiger partial charge in [0.2, 0.25) is 0 Å². The number of aromatic amines is 1. The Bertz CT molecular complexity index is 935. The molecule has 1 aliphatic heterocycles. The Morgan fingerprint density at radius 3 is 2.45 bits per heavy atom. The van der Waals surface area contributed by atoms with E-state index in [1.807, 2.05) is 18.2 Å². The second-order valence-electron chi connectivity index (χ2n) is 7.64. The molecule has 1 aromatic heterocycles. The molecule has 0 aliphatic carbocycles. The molecular formula is C23H28N3O3+. The smallest absolute Gasteiger partial charge is 0.267 e. The number of rotatable bonds is 6. The standard InChI is InChI=1S/C23H27N3O3/c1-28-21-13-17-12-20(25-19(17)14-22(21)29-2)23(27)24-18-8-10-26(11-9-18)15-16-6-4-3-5-7-16/h3-7,12-14,18,25H,8-11,15H2,1-2H3,(H,24,27)/p+1. The molecule has 0 spiro atoms. The molecule has 6 nitrogen and oxygen atoms in total. The number of carbonyl (C=O) groups excluding carboxylic acids is 1. The predicted octanol–water partition coefficient (Wildman–Crippen LogP) is 2.16. The number of hydrogen-bond donors (Lipinski definition) is 3. The van der Waals surface area contributed by atoms with E-state index in [-0.39, 0.29) is 11.9 Å². The molecule has 2 aromatic carbocycles. The molecular weight excluding hydrogens is 366 g/mol. The number of nitrogens with one attached hydrogen (secondary N) is 3. The van der Waals surface area contributed by atoms with E-state index in [2.05, 4.69) is 40.6 Å². The van der Waals surface area contributed by atoms with Crippen LogP contribution >= 0.6 is 0 Å². The van der Waals surface area contributed by atoms with Crippen molar-refractivity contribution in [3.05, 3.63) is 59.8 Å². The van der Waals surface area contributed by atoms with Crippen molar-refractivity contribution in [2.45, 2.75) is 25.4 Å². The van der Waals surface area contributed by atoms with Gasteiger partial charge in [-0.25, -0.2) is 0 Å². The number of carbonyl (C=O) groups is 1. The average Bonchev–Trinajstić information content (AvgIpc) is 3.18. The second-order valence-corrected chi connectivity index (χ2v) is 7.64. The summed E-state index contributed by atoms with van der Waals surface area (Å²) in [6.45, 7) is 3.19. The highest BCUT2D eigenvalue weighted by atomic mass is 16.5. The number of ether oxygens (including phenoxy) is 2. The number of hydrogen-bond acceptors (Lipinski definition) is 3. The van der Waals surface area contributed by atoms with Crippen LogP contribution in [0.15, 0.2) is 48.5 Å². The number of piperidine rings is 1. The van der Waals surface area contributed by atoms with Gasteiger partial charge in [-0.15, -0.1) is 0 Å². The molecule has 6 heteroatoms. The summed E-state index contributed by atoms with van der Waals surface area (Å²) in [5, 5.41) is 4.12. The van der Waals surface area contributed by atoms with E-state index in [9.17, 15) is 4.79 Å². The van der Waals surface area contributed by atoms with Gasteiger partial charge in [0.15, 0.2) is 11.5 Å². The quantitative estimate of drug-likeness (QED) is 0.600. The van der Waals surface area contributed by atoms with Crippen LogP contribution in [0.2, 0.25) is 0 Å². The molecule has 0 unspecified atom stereocenters. The van der Waals surface area contributed by atoms with Gasteiger partial charge in [0, 0.05) is 41.4 Å². The molecule has 0 bridgehead atoms. The Kier molecular flexibility index (Phi) is 5.71. The third-order valence-corrected chi connectivity index (χ3v) is 5.69. The van der Waals surface area contributed by atoms with E-state index in [0.717, 1.165) is 43.4 Å². The minimum atomic E-state index is -0.0596. The summed E-state index contributed by atoms with van der Waals surface area (Å²) in [6, 6.07) is 16.4. The lowest BCUT2D eigenvalue weighted by Crippen LogP contribution is -3.12. The summed E-state index contributed by atoms with van der Waals surface area (Å²) in [5.41, 5.74) is 2.79. The molecule has 152 valence electrons. The zero-order valence-corrected chi connectivity index (χ0v) is 17.0. The van der Waals surface area contributed by atoms with E-state index in [1.165, 1.54) is 5.56 Å². The number of aromatic nitrogens is 1. The van der Waals surface area contributed by atoms with Gasteiger partial charge in [-0.2, -0.15) is 0 Å². The Labute approximate surface area is 170 Å². The monoisotopic (exact) mass is 394 g/mol. The number of methoxy groups -OCH3 is 2. The molecule has 1 fully saturated rings. The zero-order valence-electron chi connectivity index (χ0n) is 17.0. The van der Waals surface area contributed by atoms with Gasteiger partial charge in [0.05, 0.1) is 27.3 Å². The molecule has 1 aliphatic rings. The third-order valence-electron chi connectivity index (χ3n) is 5.69. The topological polar surface area (TPSA) is 67.8 Å². The van der Waals surface area contributed by atoms with Crippen LogP contribution in [0.5, 0.6) is 11.5 Å². The van der Waals surface area contributed by atoms with Crippen LogP contribution in [0.3, 0.4) is 0 Å². The number of amides is 1. The lowest BCUT2D eigenvalue weighted by Gasteiger charge is -2.29. The Morgan fingerprint density at radius 1 is 1.07 bits per heavy atom. The first-order chi connectivity index (χ1) is 14.2. The van der Waals surface area contributed by atoms with Crippen molar-refractivity contribution >= 4 is 16.8 Å². The van der Waals surface area contributed by atoms with E-state index in [4.69, 9.17) is 9.47 Å². The molecule has 0 radical (unpaired) electrons. The molecule has 1 saturated heterocycles.